The van der Waals surface area contributed by atoms with Gasteiger partial charge in [-0.3, -0.25) is 14.9 Å². The maximum atomic E-state index is 13.6. The van der Waals surface area contributed by atoms with Crippen molar-refractivity contribution in [1.82, 2.24) is 10.2 Å². The Hall–Kier alpha value is -2.92. The molecule has 0 atom stereocenters. The average molecular weight is 424 g/mol. The van der Waals surface area contributed by atoms with E-state index in [0.717, 1.165) is 41.3 Å². The molecule has 2 amide bonds. The number of nitrogens with one attached hydrogen (secondary N) is 2. The van der Waals surface area contributed by atoms with Crippen molar-refractivity contribution in [3.05, 3.63) is 65.5 Å². The third-order valence-corrected chi connectivity index (χ3v) is 5.22. The SMILES string of the molecule is O=C(CSc1nnc(NC(=O)c2c(F)cccc2F)s1)Nc1cccc(F)c1. The Bertz CT molecular complexity index is 1010. The predicted octanol–water partition coefficient (Wildman–Crippen LogP) is 3.94. The molecule has 0 unspecified atom stereocenters. The van der Waals surface area contributed by atoms with E-state index in [-0.39, 0.29) is 16.8 Å². The van der Waals surface area contributed by atoms with Crippen molar-refractivity contribution < 1.29 is 22.8 Å². The summed E-state index contributed by atoms with van der Waals surface area (Å²) in [6.07, 6.45) is 0. The Labute approximate surface area is 165 Å². The van der Waals surface area contributed by atoms with Crippen molar-refractivity contribution in [1.29, 1.82) is 0 Å². The van der Waals surface area contributed by atoms with Crippen molar-refractivity contribution in [2.45, 2.75) is 4.34 Å². The molecule has 1 aromatic heterocycles. The second-order valence-electron chi connectivity index (χ2n) is 5.27. The summed E-state index contributed by atoms with van der Waals surface area (Å²) in [5.41, 5.74) is -0.399. The first kappa shape index (κ1) is 19.8. The van der Waals surface area contributed by atoms with Gasteiger partial charge in [0, 0.05) is 5.69 Å². The minimum absolute atomic E-state index is 0.0268. The van der Waals surface area contributed by atoms with Gasteiger partial charge in [-0.25, -0.2) is 13.2 Å². The van der Waals surface area contributed by atoms with Gasteiger partial charge in [-0.05, 0) is 30.3 Å². The van der Waals surface area contributed by atoms with E-state index >= 15 is 0 Å². The van der Waals surface area contributed by atoms with E-state index in [1.807, 2.05) is 0 Å². The van der Waals surface area contributed by atoms with Gasteiger partial charge in [0.1, 0.15) is 23.0 Å². The van der Waals surface area contributed by atoms with E-state index in [0.29, 0.717) is 10.0 Å². The molecule has 0 saturated carbocycles. The molecule has 144 valence electrons. The molecule has 0 spiro atoms. The zero-order valence-corrected chi connectivity index (χ0v) is 15.5. The summed E-state index contributed by atoms with van der Waals surface area (Å²) in [4.78, 5) is 23.9. The summed E-state index contributed by atoms with van der Waals surface area (Å²) < 4.78 is 40.7. The van der Waals surface area contributed by atoms with Crippen LogP contribution in [0.4, 0.5) is 24.0 Å². The Morgan fingerprint density at radius 2 is 1.71 bits per heavy atom. The standard InChI is InChI=1S/C17H11F3N4O2S2/c18-9-3-1-4-10(7-9)21-13(25)8-27-17-24-23-16(28-17)22-15(26)14-11(19)5-2-6-12(14)20/h1-7H,8H2,(H,21,25)(H,22,23,26). The second kappa shape index (κ2) is 8.85. The van der Waals surface area contributed by atoms with Crippen LogP contribution in [0.1, 0.15) is 10.4 Å². The van der Waals surface area contributed by atoms with Crippen molar-refractivity contribution in [2.75, 3.05) is 16.4 Å². The molecule has 0 fully saturated rings. The molecule has 11 heteroatoms. The molecular weight excluding hydrogens is 413 g/mol. The van der Waals surface area contributed by atoms with Gasteiger partial charge in [-0.2, -0.15) is 0 Å². The van der Waals surface area contributed by atoms with Gasteiger partial charge in [0.05, 0.1) is 5.75 Å². The topological polar surface area (TPSA) is 84.0 Å². The molecule has 0 saturated heterocycles. The number of anilines is 2. The highest BCUT2D eigenvalue weighted by atomic mass is 32.2. The second-order valence-corrected chi connectivity index (χ2v) is 7.47. The highest BCUT2D eigenvalue weighted by molar-refractivity contribution is 8.01. The number of carbonyl (C=O) groups excluding carboxylic acids is 2. The molecule has 1 heterocycles. The molecule has 3 aromatic rings. The van der Waals surface area contributed by atoms with Gasteiger partial charge in [-0.15, -0.1) is 10.2 Å². The summed E-state index contributed by atoms with van der Waals surface area (Å²) in [7, 11) is 0. The Morgan fingerprint density at radius 1 is 1.00 bits per heavy atom. The van der Waals surface area contributed by atoms with Crippen LogP contribution < -0.4 is 10.6 Å². The number of aromatic nitrogens is 2. The van der Waals surface area contributed by atoms with Crippen LogP contribution in [-0.2, 0) is 4.79 Å². The van der Waals surface area contributed by atoms with Crippen LogP contribution in [0, 0.1) is 17.5 Å². The fraction of sp³-hybridized carbons (Fsp3) is 0.0588. The number of nitrogens with zero attached hydrogens (tertiary/aromatic N) is 2. The van der Waals surface area contributed by atoms with E-state index in [1.165, 1.54) is 18.2 Å². The van der Waals surface area contributed by atoms with Gasteiger partial charge in [0.25, 0.3) is 5.91 Å². The van der Waals surface area contributed by atoms with Crippen LogP contribution in [0.25, 0.3) is 0 Å². The van der Waals surface area contributed by atoms with Crippen molar-refractivity contribution in [3.63, 3.8) is 0 Å². The fourth-order valence-electron chi connectivity index (χ4n) is 2.08. The monoisotopic (exact) mass is 424 g/mol. The van der Waals surface area contributed by atoms with E-state index in [2.05, 4.69) is 20.8 Å². The number of carbonyl (C=O) groups is 2. The van der Waals surface area contributed by atoms with Gasteiger partial charge < -0.3 is 5.32 Å². The van der Waals surface area contributed by atoms with Crippen LogP contribution in [0.2, 0.25) is 0 Å². The quantitative estimate of drug-likeness (QED) is 0.463. The maximum absolute atomic E-state index is 13.6. The molecule has 6 nitrogen and oxygen atoms in total. The van der Waals surface area contributed by atoms with Crippen molar-refractivity contribution in [2.24, 2.45) is 0 Å². The van der Waals surface area contributed by atoms with Crippen LogP contribution in [0.5, 0.6) is 0 Å². The lowest BCUT2D eigenvalue weighted by Gasteiger charge is -2.04. The Balaban J connectivity index is 1.55. The zero-order chi connectivity index (χ0) is 20.1. The van der Waals surface area contributed by atoms with Crippen LogP contribution in [0.15, 0.2) is 46.8 Å². The number of rotatable bonds is 6. The molecule has 28 heavy (non-hydrogen) atoms. The molecule has 0 aliphatic rings. The Morgan fingerprint density at radius 3 is 2.43 bits per heavy atom. The molecule has 0 aliphatic heterocycles. The number of hydrogen-bond acceptors (Lipinski definition) is 6. The van der Waals surface area contributed by atoms with E-state index in [4.69, 9.17) is 0 Å². The lowest BCUT2D eigenvalue weighted by Crippen LogP contribution is -2.15. The molecule has 2 aromatic carbocycles. The molecular formula is C17H11F3N4O2S2. The van der Waals surface area contributed by atoms with Gasteiger partial charge >= 0.3 is 0 Å². The van der Waals surface area contributed by atoms with E-state index < -0.39 is 28.9 Å². The number of halogens is 3. The smallest absolute Gasteiger partial charge is 0.263 e. The van der Waals surface area contributed by atoms with Crippen LogP contribution in [0.3, 0.4) is 0 Å². The molecule has 0 radical (unpaired) electrons. The summed E-state index contributed by atoms with van der Waals surface area (Å²) in [6.45, 7) is 0. The molecule has 2 N–H and O–H groups in total. The molecule has 0 aliphatic carbocycles. The summed E-state index contributed by atoms with van der Waals surface area (Å²) in [6, 6.07) is 8.54. The number of benzene rings is 2. The minimum Gasteiger partial charge on any atom is -0.325 e. The minimum atomic E-state index is -0.995. The van der Waals surface area contributed by atoms with E-state index in [1.54, 1.807) is 6.07 Å². The lowest BCUT2D eigenvalue weighted by molar-refractivity contribution is -0.113. The highest BCUT2D eigenvalue weighted by Gasteiger charge is 2.19. The van der Waals surface area contributed by atoms with Crippen molar-refractivity contribution >= 4 is 45.7 Å². The van der Waals surface area contributed by atoms with Gasteiger partial charge in [-0.1, -0.05) is 35.2 Å². The first-order valence-electron chi connectivity index (χ1n) is 7.69. The first-order chi connectivity index (χ1) is 13.4. The number of thioether (sulfide) groups is 1. The normalized spacial score (nSPS) is 10.5. The third-order valence-electron chi connectivity index (χ3n) is 3.25. The van der Waals surface area contributed by atoms with Gasteiger partial charge in [0.15, 0.2) is 4.34 Å². The van der Waals surface area contributed by atoms with Gasteiger partial charge in [0.2, 0.25) is 11.0 Å². The average Bonchev–Trinajstić information content (AvgIpc) is 3.07. The fourth-order valence-corrected chi connectivity index (χ4v) is 3.63. The van der Waals surface area contributed by atoms with Crippen LogP contribution >= 0.6 is 23.1 Å². The lowest BCUT2D eigenvalue weighted by atomic mass is 10.2. The van der Waals surface area contributed by atoms with Crippen LogP contribution in [-0.4, -0.2) is 27.8 Å². The predicted molar refractivity (Wildman–Crippen MR) is 100.0 cm³/mol. The molecule has 0 bridgehead atoms. The highest BCUT2D eigenvalue weighted by Crippen LogP contribution is 2.26. The summed E-state index contributed by atoms with van der Waals surface area (Å²) in [5.74, 6) is -3.87. The number of hydrogen-bond donors (Lipinski definition) is 2. The largest absolute Gasteiger partial charge is 0.325 e. The third kappa shape index (κ3) is 5.08. The maximum Gasteiger partial charge on any atom is 0.263 e. The Kier molecular flexibility index (Phi) is 6.26. The first-order valence-corrected chi connectivity index (χ1v) is 9.49. The van der Waals surface area contributed by atoms with Crippen molar-refractivity contribution in [3.8, 4) is 0 Å². The number of amides is 2. The zero-order valence-electron chi connectivity index (χ0n) is 13.9. The van der Waals surface area contributed by atoms with E-state index in [9.17, 15) is 22.8 Å². The molecule has 3 rings (SSSR count). The summed E-state index contributed by atoms with van der Waals surface area (Å²) >= 11 is 1.98. The summed E-state index contributed by atoms with van der Waals surface area (Å²) in [5, 5.41) is 12.3.